The van der Waals surface area contributed by atoms with Gasteiger partial charge in [-0.05, 0) is 29.5 Å². The van der Waals surface area contributed by atoms with Crippen molar-refractivity contribution < 1.29 is 22.7 Å². The monoisotopic (exact) mass is 453 g/mol. The highest BCUT2D eigenvalue weighted by Crippen LogP contribution is 2.35. The van der Waals surface area contributed by atoms with Crippen molar-refractivity contribution >= 4 is 40.5 Å². The molecule has 0 unspecified atom stereocenters. The molecule has 0 spiro atoms. The number of pyridine rings is 1. The van der Waals surface area contributed by atoms with Crippen LogP contribution in [0.3, 0.4) is 0 Å². The summed E-state index contributed by atoms with van der Waals surface area (Å²) in [7, 11) is 0. The molecule has 0 radical (unpaired) electrons. The van der Waals surface area contributed by atoms with Gasteiger partial charge in [0.05, 0.1) is 34.4 Å². The van der Waals surface area contributed by atoms with Crippen molar-refractivity contribution in [3.8, 4) is 11.3 Å². The molecule has 10 heteroatoms. The highest BCUT2D eigenvalue weighted by molar-refractivity contribution is 8.18. The normalized spacial score (nSPS) is 18.8. The first-order chi connectivity index (χ1) is 14.3. The van der Waals surface area contributed by atoms with E-state index in [9.17, 15) is 18.0 Å². The van der Waals surface area contributed by atoms with Crippen LogP contribution in [0, 0.1) is 0 Å². The summed E-state index contributed by atoms with van der Waals surface area (Å²) in [5, 5.41) is 0.591. The average Bonchev–Trinajstić information content (AvgIpc) is 3.09. The molecular formula is C20H15ClF3N3O2S. The lowest BCUT2D eigenvalue weighted by Crippen LogP contribution is -2.38. The Morgan fingerprint density at radius 2 is 1.87 bits per heavy atom. The Morgan fingerprint density at radius 3 is 2.50 bits per heavy atom. The second-order valence-corrected chi connectivity index (χ2v) is 8.00. The number of hydrogen-bond acceptors (Lipinski definition) is 5. The Kier molecular flexibility index (Phi) is 5.86. The summed E-state index contributed by atoms with van der Waals surface area (Å²) in [6, 6.07) is 7.75. The molecule has 30 heavy (non-hydrogen) atoms. The van der Waals surface area contributed by atoms with Crippen LogP contribution in [0.25, 0.3) is 17.3 Å². The van der Waals surface area contributed by atoms with Crippen LogP contribution in [-0.4, -0.2) is 47.3 Å². The molecule has 5 nitrogen and oxygen atoms in total. The van der Waals surface area contributed by atoms with Gasteiger partial charge in [0, 0.05) is 24.8 Å². The highest BCUT2D eigenvalue weighted by atomic mass is 35.5. The lowest BCUT2D eigenvalue weighted by atomic mass is 10.1. The van der Waals surface area contributed by atoms with Crippen molar-refractivity contribution in [1.82, 2.24) is 9.88 Å². The maximum absolute atomic E-state index is 12.8. The van der Waals surface area contributed by atoms with Gasteiger partial charge in [0.25, 0.3) is 5.91 Å². The van der Waals surface area contributed by atoms with Crippen LogP contribution in [0.15, 0.2) is 46.4 Å². The van der Waals surface area contributed by atoms with E-state index in [4.69, 9.17) is 16.3 Å². The lowest BCUT2D eigenvalue weighted by molar-refractivity contribution is -0.137. The van der Waals surface area contributed by atoms with Gasteiger partial charge in [0.15, 0.2) is 5.17 Å². The van der Waals surface area contributed by atoms with Crippen LogP contribution in [0.5, 0.6) is 0 Å². The van der Waals surface area contributed by atoms with Crippen LogP contribution >= 0.6 is 23.4 Å². The van der Waals surface area contributed by atoms with E-state index in [2.05, 4.69) is 9.98 Å². The van der Waals surface area contributed by atoms with Crippen LogP contribution in [0.1, 0.15) is 11.1 Å². The molecule has 0 bridgehead atoms. The molecule has 1 amide bonds. The zero-order valence-corrected chi connectivity index (χ0v) is 17.0. The largest absolute Gasteiger partial charge is 0.417 e. The van der Waals surface area contributed by atoms with Gasteiger partial charge in [-0.2, -0.15) is 18.2 Å². The van der Waals surface area contributed by atoms with E-state index in [0.717, 1.165) is 17.8 Å². The van der Waals surface area contributed by atoms with Crippen molar-refractivity contribution in [2.45, 2.75) is 6.18 Å². The van der Waals surface area contributed by atoms with Gasteiger partial charge in [0.2, 0.25) is 0 Å². The molecule has 0 saturated carbocycles. The van der Waals surface area contributed by atoms with Gasteiger partial charge >= 0.3 is 6.18 Å². The minimum Gasteiger partial charge on any atom is -0.378 e. The van der Waals surface area contributed by atoms with Crippen LogP contribution < -0.4 is 0 Å². The maximum Gasteiger partial charge on any atom is 0.417 e. The molecule has 156 valence electrons. The molecule has 0 N–H and O–H groups in total. The summed E-state index contributed by atoms with van der Waals surface area (Å²) >= 11 is 7.32. The fourth-order valence-electron chi connectivity index (χ4n) is 2.98. The molecule has 1 aromatic carbocycles. The SMILES string of the molecule is O=C1N=C(N2CCOCC2)S/C1=C/c1ccc(-c2ncc(C(F)(F)F)cc2Cl)cc1. The Morgan fingerprint density at radius 1 is 1.17 bits per heavy atom. The standard InChI is InChI=1S/C20H15ClF3N3O2S/c21-15-10-14(20(22,23)24)11-25-17(15)13-3-1-12(2-4-13)9-16-18(28)26-19(30-16)27-5-7-29-8-6-27/h1-4,9-11H,5-8H2/b16-9+. The molecule has 3 heterocycles. The van der Waals surface area contributed by atoms with E-state index in [-0.39, 0.29) is 16.6 Å². The smallest absolute Gasteiger partial charge is 0.378 e. The average molecular weight is 454 g/mol. The van der Waals surface area contributed by atoms with Gasteiger partial charge < -0.3 is 9.64 Å². The van der Waals surface area contributed by atoms with E-state index in [1.54, 1.807) is 30.3 Å². The van der Waals surface area contributed by atoms with Crippen molar-refractivity contribution in [3.05, 3.63) is 57.6 Å². The number of nitrogens with zero attached hydrogens (tertiary/aromatic N) is 3. The topological polar surface area (TPSA) is 54.8 Å². The number of amidine groups is 1. The Balaban J connectivity index is 1.50. The van der Waals surface area contributed by atoms with Crippen LogP contribution in [0.2, 0.25) is 5.02 Å². The Bertz CT molecular complexity index is 1030. The predicted molar refractivity (Wildman–Crippen MR) is 110 cm³/mol. The van der Waals surface area contributed by atoms with Crippen molar-refractivity contribution in [1.29, 1.82) is 0 Å². The predicted octanol–water partition coefficient (Wildman–Crippen LogP) is 4.72. The minimum absolute atomic E-state index is 0.0824. The van der Waals surface area contributed by atoms with Gasteiger partial charge in [-0.3, -0.25) is 9.78 Å². The molecular weight excluding hydrogens is 439 g/mol. The summed E-state index contributed by atoms with van der Waals surface area (Å²) in [6.07, 6.45) is -2.01. The Hall–Kier alpha value is -2.36. The summed E-state index contributed by atoms with van der Waals surface area (Å²) in [5.74, 6) is -0.294. The molecule has 1 aromatic heterocycles. The maximum atomic E-state index is 12.8. The number of rotatable bonds is 2. The number of hydrogen-bond donors (Lipinski definition) is 0. The number of aliphatic imine (C=N–C) groups is 1. The Labute approximate surface area is 179 Å². The number of alkyl halides is 3. The molecule has 1 fully saturated rings. The lowest BCUT2D eigenvalue weighted by Gasteiger charge is -2.27. The highest BCUT2D eigenvalue weighted by Gasteiger charge is 2.31. The molecule has 0 atom stereocenters. The van der Waals surface area contributed by atoms with E-state index in [1.807, 2.05) is 4.90 Å². The van der Waals surface area contributed by atoms with E-state index in [1.165, 1.54) is 11.8 Å². The summed E-state index contributed by atoms with van der Waals surface area (Å²) in [6.45, 7) is 2.60. The summed E-state index contributed by atoms with van der Waals surface area (Å²) in [5.41, 5.74) is 0.696. The second-order valence-electron chi connectivity index (χ2n) is 6.58. The fraction of sp³-hybridized carbons (Fsp3) is 0.250. The van der Waals surface area contributed by atoms with Crippen LogP contribution in [0.4, 0.5) is 13.2 Å². The quantitative estimate of drug-likeness (QED) is 0.616. The number of aromatic nitrogens is 1. The number of halogens is 4. The summed E-state index contributed by atoms with van der Waals surface area (Å²) < 4.78 is 43.6. The van der Waals surface area contributed by atoms with Gasteiger partial charge in [0.1, 0.15) is 0 Å². The van der Waals surface area contributed by atoms with Crippen molar-refractivity contribution in [2.24, 2.45) is 4.99 Å². The third-order valence-electron chi connectivity index (χ3n) is 4.54. The second kappa shape index (κ2) is 8.41. The first-order valence-electron chi connectivity index (χ1n) is 9.00. The molecule has 0 aliphatic carbocycles. The molecule has 2 aliphatic rings. The first-order valence-corrected chi connectivity index (χ1v) is 10.2. The zero-order valence-electron chi connectivity index (χ0n) is 15.4. The third kappa shape index (κ3) is 4.53. The molecule has 1 saturated heterocycles. The molecule has 2 aliphatic heterocycles. The summed E-state index contributed by atoms with van der Waals surface area (Å²) in [4.78, 5) is 22.7. The molecule has 2 aromatic rings. The van der Waals surface area contributed by atoms with E-state index in [0.29, 0.717) is 41.9 Å². The third-order valence-corrected chi connectivity index (χ3v) is 5.87. The van der Waals surface area contributed by atoms with Crippen LogP contribution in [-0.2, 0) is 15.7 Å². The van der Waals surface area contributed by atoms with Gasteiger partial charge in [-0.1, -0.05) is 35.9 Å². The minimum atomic E-state index is -4.50. The molecule has 4 rings (SSSR count). The first kappa shape index (κ1) is 20.9. The van der Waals surface area contributed by atoms with Gasteiger partial charge in [-0.25, -0.2) is 0 Å². The van der Waals surface area contributed by atoms with E-state index < -0.39 is 11.7 Å². The number of amides is 1. The number of ether oxygens (including phenoxy) is 1. The number of carbonyl (C=O) groups excluding carboxylic acids is 1. The number of benzene rings is 1. The number of carbonyl (C=O) groups is 1. The zero-order chi connectivity index (χ0) is 21.3. The van der Waals surface area contributed by atoms with Gasteiger partial charge in [-0.15, -0.1) is 0 Å². The number of thioether (sulfide) groups is 1. The fourth-order valence-corrected chi connectivity index (χ4v) is 4.22. The number of morpholine rings is 1. The van der Waals surface area contributed by atoms with E-state index >= 15 is 0 Å². The van der Waals surface area contributed by atoms with Crippen molar-refractivity contribution in [2.75, 3.05) is 26.3 Å². The van der Waals surface area contributed by atoms with Crippen molar-refractivity contribution in [3.63, 3.8) is 0 Å².